The summed E-state index contributed by atoms with van der Waals surface area (Å²) in [7, 11) is 3.56. The van der Waals surface area contributed by atoms with E-state index in [1.165, 1.54) is 69.8 Å². The van der Waals surface area contributed by atoms with Gasteiger partial charge in [-0.2, -0.15) is 13.2 Å². The molecule has 0 unspecified atom stereocenters. The number of phenols is 2. The second-order valence-electron chi connectivity index (χ2n) is 19.2. The highest BCUT2D eigenvalue weighted by Crippen LogP contribution is 2.29. The molecule has 91 heavy (non-hydrogen) atoms. The maximum atomic E-state index is 12.6. The summed E-state index contributed by atoms with van der Waals surface area (Å²) in [6, 6.07) is 59.6. The molecule has 0 radical (unpaired) electrons. The van der Waals surface area contributed by atoms with Gasteiger partial charge >= 0.3 is 6.18 Å². The minimum Gasteiger partial charge on any atom is -0.508 e. The minimum atomic E-state index is -4.51. The standard InChI is InChI=1S/C12H10BrNO2.C12H8F3NO2.C12H13N2O.C11H8BrNO.C11H8FNO.C11H9NO2/c1-16-11-5-3-10(4-6-11)14-8-9(13)2-7-12(14)15;13-12(14,15)8-1-6-11(18)16(7-8)9-2-4-10(17)5-3-9;1-10-3-4-12(15)14(9-10)11-5-7-13(2)8-6-11;12-9-6-7-11(14)13(8-9)10-4-2-1-3-5-10;12-9-4-6-10(7-5-9)13-8-2-1-3-11(13)14;13-10-6-4-9(5-7-10)12-8-2-1-3-11(12)14/h2-8H,1H3;1-7,17H;3-9H,1-2H3;2*1-8H;1-8,13H/q;;+1;;;. The van der Waals surface area contributed by atoms with Crippen molar-refractivity contribution in [1.29, 1.82) is 0 Å². The van der Waals surface area contributed by atoms with Crippen LogP contribution in [0.3, 0.4) is 0 Å². The Bertz CT molecular complexity index is 4620. The third kappa shape index (κ3) is 20.0. The fourth-order valence-electron chi connectivity index (χ4n) is 8.07. The van der Waals surface area contributed by atoms with Crippen molar-refractivity contribution in [1.82, 2.24) is 27.4 Å². The molecule has 462 valence electrons. The average Bonchev–Trinajstić information content (AvgIpc) is 2.30. The highest BCUT2D eigenvalue weighted by atomic mass is 79.9. The molecular formula is C69H56Br2F4N7O9+. The van der Waals surface area contributed by atoms with Gasteiger partial charge in [-0.25, -0.2) is 8.96 Å². The zero-order valence-electron chi connectivity index (χ0n) is 48.6. The van der Waals surface area contributed by atoms with Crippen LogP contribution >= 0.6 is 31.9 Å². The molecule has 2 N–H and O–H groups in total. The summed E-state index contributed by atoms with van der Waals surface area (Å²) in [4.78, 5) is 69.1. The van der Waals surface area contributed by atoms with Gasteiger partial charge in [0.05, 0.1) is 18.4 Å². The number of ether oxygens (including phenoxy) is 1. The van der Waals surface area contributed by atoms with Crippen molar-refractivity contribution in [2.75, 3.05) is 7.11 Å². The van der Waals surface area contributed by atoms with Crippen LogP contribution < -0.4 is 42.7 Å². The van der Waals surface area contributed by atoms with Gasteiger partial charge in [-0.3, -0.25) is 56.2 Å². The molecule has 0 fully saturated rings. The maximum Gasteiger partial charge on any atom is 0.417 e. The van der Waals surface area contributed by atoms with Crippen molar-refractivity contribution in [3.63, 3.8) is 0 Å². The van der Waals surface area contributed by atoms with E-state index in [0.717, 1.165) is 65.9 Å². The fraction of sp³-hybridized carbons (Fsp3) is 0.0580. The molecule has 0 aliphatic rings. The van der Waals surface area contributed by atoms with Crippen LogP contribution in [-0.4, -0.2) is 44.7 Å². The van der Waals surface area contributed by atoms with E-state index in [0.29, 0.717) is 5.69 Å². The van der Waals surface area contributed by atoms with Gasteiger partial charge in [0.15, 0.2) is 12.4 Å². The monoisotopic (exact) mass is 1360 g/mol. The van der Waals surface area contributed by atoms with Crippen LogP contribution in [0.5, 0.6) is 17.2 Å². The fourth-order valence-corrected chi connectivity index (χ4v) is 8.75. The number of nitrogens with zero attached hydrogens (tertiary/aromatic N) is 7. The second-order valence-corrected chi connectivity index (χ2v) is 21.1. The van der Waals surface area contributed by atoms with Crippen LogP contribution in [0.1, 0.15) is 11.1 Å². The SMILES string of the molecule is COc1ccc(-n2cc(Br)ccc2=O)cc1.Cc1ccc(=O)n(-c2cc[n+](C)cc2)c1.O=c1ccc(Br)cn1-c1ccccc1.O=c1ccc(C(F)(F)F)cn1-c1ccc(O)cc1.O=c1ccccn1-c1ccc(F)cc1.O=c1ccccn1-c1ccc(O)cc1. The first-order chi connectivity index (χ1) is 43.6. The minimum absolute atomic E-state index is 0.00514. The van der Waals surface area contributed by atoms with Gasteiger partial charge < -0.3 is 14.9 Å². The quantitative estimate of drug-likeness (QED) is 0.116. The Labute approximate surface area is 534 Å². The van der Waals surface area contributed by atoms with Gasteiger partial charge in [0.1, 0.15) is 30.1 Å². The second kappa shape index (κ2) is 32.3. The molecule has 0 saturated carbocycles. The molecule has 7 aromatic heterocycles. The van der Waals surface area contributed by atoms with E-state index >= 15 is 0 Å². The topological polar surface area (TPSA) is 186 Å². The molecule has 0 aliphatic heterocycles. The van der Waals surface area contributed by atoms with Crippen molar-refractivity contribution < 1.29 is 37.1 Å². The number of aryl methyl sites for hydroxylation is 2. The number of phenolic OH excluding ortho intramolecular Hbond substituents is 2. The van der Waals surface area contributed by atoms with E-state index in [1.54, 1.807) is 124 Å². The zero-order valence-corrected chi connectivity index (χ0v) is 51.8. The molecule has 0 atom stereocenters. The van der Waals surface area contributed by atoms with E-state index in [1.807, 2.05) is 110 Å². The zero-order chi connectivity index (χ0) is 65.6. The molecule has 7 heterocycles. The summed E-state index contributed by atoms with van der Waals surface area (Å²) in [5.74, 6) is 0.626. The number of hydrogen-bond donors (Lipinski definition) is 2. The van der Waals surface area contributed by atoms with Gasteiger partial charge in [0.25, 0.3) is 33.4 Å². The number of rotatable bonds is 7. The molecule has 0 aliphatic carbocycles. The Balaban J connectivity index is 0.000000155. The van der Waals surface area contributed by atoms with Crippen molar-refractivity contribution in [3.05, 3.63) is 362 Å². The van der Waals surface area contributed by atoms with E-state index in [2.05, 4.69) is 31.9 Å². The average molecular weight is 1360 g/mol. The van der Waals surface area contributed by atoms with Crippen LogP contribution in [-0.2, 0) is 13.2 Å². The lowest BCUT2D eigenvalue weighted by Gasteiger charge is -2.10. The molecule has 0 spiro atoms. The van der Waals surface area contributed by atoms with Gasteiger partial charge in [0.2, 0.25) is 0 Å². The predicted octanol–water partition coefficient (Wildman–Crippen LogP) is 12.3. The lowest BCUT2D eigenvalue weighted by molar-refractivity contribution is -0.671. The summed E-state index contributed by atoms with van der Waals surface area (Å²) in [5.41, 5.74) is 3.52. The summed E-state index contributed by atoms with van der Waals surface area (Å²) in [6.07, 6.45) is 8.75. The normalized spacial score (nSPS) is 10.4. The highest BCUT2D eigenvalue weighted by Gasteiger charge is 2.31. The predicted molar refractivity (Wildman–Crippen MR) is 348 cm³/mol. The van der Waals surface area contributed by atoms with Crippen LogP contribution in [0.2, 0.25) is 0 Å². The Hall–Kier alpha value is -11.0. The molecule has 0 bridgehead atoms. The van der Waals surface area contributed by atoms with E-state index < -0.39 is 17.3 Å². The van der Waals surface area contributed by atoms with Crippen molar-refractivity contribution in [2.24, 2.45) is 7.05 Å². The van der Waals surface area contributed by atoms with E-state index in [4.69, 9.17) is 14.9 Å². The number of aromatic nitrogens is 7. The molecule has 22 heteroatoms. The van der Waals surface area contributed by atoms with Crippen molar-refractivity contribution in [3.8, 4) is 51.4 Å². The third-order valence-corrected chi connectivity index (χ3v) is 13.6. The lowest BCUT2D eigenvalue weighted by atomic mass is 10.2. The molecular weight excluding hydrogens is 1310 g/mol. The first kappa shape index (κ1) is 67.5. The maximum absolute atomic E-state index is 12.6. The molecule has 0 amide bonds. The Morgan fingerprint density at radius 1 is 0.396 bits per heavy atom. The number of para-hydroxylation sites is 1. The van der Waals surface area contributed by atoms with Gasteiger partial charge in [-0.15, -0.1) is 0 Å². The Morgan fingerprint density at radius 2 is 0.747 bits per heavy atom. The number of benzene rings is 5. The highest BCUT2D eigenvalue weighted by molar-refractivity contribution is 9.10. The number of pyridine rings is 7. The van der Waals surface area contributed by atoms with Crippen LogP contribution in [0.25, 0.3) is 34.1 Å². The van der Waals surface area contributed by atoms with Gasteiger partial charge in [-0.05, 0) is 184 Å². The summed E-state index contributed by atoms with van der Waals surface area (Å²) in [5, 5.41) is 18.2. The number of halogens is 6. The summed E-state index contributed by atoms with van der Waals surface area (Å²) >= 11 is 6.67. The summed E-state index contributed by atoms with van der Waals surface area (Å²) in [6.45, 7) is 1.97. The van der Waals surface area contributed by atoms with E-state index in [9.17, 15) is 46.3 Å². The summed E-state index contributed by atoms with van der Waals surface area (Å²) < 4.78 is 67.6. The molecule has 0 saturated heterocycles. The van der Waals surface area contributed by atoms with Crippen molar-refractivity contribution >= 4 is 31.9 Å². The first-order valence-corrected chi connectivity index (χ1v) is 28.8. The molecule has 12 aromatic rings. The molecule has 12 rings (SSSR count). The number of aromatic hydroxyl groups is 2. The van der Waals surface area contributed by atoms with Crippen molar-refractivity contribution in [2.45, 2.75) is 13.1 Å². The largest absolute Gasteiger partial charge is 0.508 e. The Kier molecular flexibility index (Phi) is 24.0. The molecule has 5 aromatic carbocycles. The smallest absolute Gasteiger partial charge is 0.417 e. The number of alkyl halides is 3. The van der Waals surface area contributed by atoms with Gasteiger partial charge in [-0.1, -0.05) is 36.4 Å². The number of methoxy groups -OCH3 is 1. The van der Waals surface area contributed by atoms with Crippen LogP contribution in [0.4, 0.5) is 17.6 Å². The number of hydrogen-bond acceptors (Lipinski definition) is 9. The first-order valence-electron chi connectivity index (χ1n) is 27.2. The molecule has 16 nitrogen and oxygen atoms in total. The van der Waals surface area contributed by atoms with Crippen LogP contribution in [0, 0.1) is 12.7 Å². The Morgan fingerprint density at radius 3 is 1.19 bits per heavy atom. The van der Waals surface area contributed by atoms with E-state index in [-0.39, 0.29) is 50.8 Å². The lowest BCUT2D eigenvalue weighted by Crippen LogP contribution is -2.27. The van der Waals surface area contributed by atoms with Gasteiger partial charge in [0, 0.05) is 123 Å². The third-order valence-electron chi connectivity index (χ3n) is 12.7. The van der Waals surface area contributed by atoms with Crippen LogP contribution in [0.15, 0.2) is 312 Å².